The van der Waals surface area contributed by atoms with Crippen LogP contribution in [0.25, 0.3) is 11.3 Å². The molecular formula is C16H13BrN3OS-. The van der Waals surface area contributed by atoms with Crippen molar-refractivity contribution in [2.24, 2.45) is 5.10 Å². The van der Waals surface area contributed by atoms with Crippen LogP contribution in [0.3, 0.4) is 0 Å². The molecule has 22 heavy (non-hydrogen) atoms. The topological polar surface area (TPSA) is 57.5 Å². The number of hydrogen-bond donors (Lipinski definition) is 2. The SMILES string of the molecule is Oc1ccccc1/C=N/Nc1nc(-c2ccccc2)cs1.[Br-]. The number of anilines is 1. The summed E-state index contributed by atoms with van der Waals surface area (Å²) in [6, 6.07) is 17.0. The van der Waals surface area contributed by atoms with Gasteiger partial charge >= 0.3 is 0 Å². The van der Waals surface area contributed by atoms with E-state index < -0.39 is 0 Å². The van der Waals surface area contributed by atoms with E-state index in [0.29, 0.717) is 10.7 Å². The Kier molecular flexibility index (Phi) is 5.68. The van der Waals surface area contributed by atoms with E-state index >= 15 is 0 Å². The van der Waals surface area contributed by atoms with E-state index in [0.717, 1.165) is 11.3 Å². The van der Waals surface area contributed by atoms with E-state index in [1.807, 2.05) is 41.8 Å². The Morgan fingerprint density at radius 1 is 1.05 bits per heavy atom. The zero-order valence-electron chi connectivity index (χ0n) is 11.5. The third-order valence-electron chi connectivity index (χ3n) is 2.87. The number of phenolic OH excluding ortho intramolecular Hbond substituents is 1. The summed E-state index contributed by atoms with van der Waals surface area (Å²) in [7, 11) is 0. The summed E-state index contributed by atoms with van der Waals surface area (Å²) in [5.74, 6) is 0.201. The zero-order chi connectivity index (χ0) is 14.5. The highest BCUT2D eigenvalue weighted by Gasteiger charge is 2.02. The maximum atomic E-state index is 9.63. The van der Waals surface area contributed by atoms with Gasteiger partial charge in [-0.2, -0.15) is 5.10 Å². The van der Waals surface area contributed by atoms with E-state index in [1.165, 1.54) is 11.3 Å². The fourth-order valence-corrected chi connectivity index (χ4v) is 2.49. The number of rotatable bonds is 4. The van der Waals surface area contributed by atoms with Gasteiger partial charge in [0, 0.05) is 16.5 Å². The molecule has 2 aromatic carbocycles. The Morgan fingerprint density at radius 2 is 1.77 bits per heavy atom. The highest BCUT2D eigenvalue weighted by molar-refractivity contribution is 7.14. The second-order valence-corrected chi connectivity index (χ2v) is 5.19. The van der Waals surface area contributed by atoms with Crippen LogP contribution in [0.15, 0.2) is 65.1 Å². The number of aromatic hydroxyl groups is 1. The van der Waals surface area contributed by atoms with Crippen LogP contribution in [0.2, 0.25) is 0 Å². The third kappa shape index (κ3) is 3.93. The smallest absolute Gasteiger partial charge is 0.203 e. The minimum absolute atomic E-state index is 0. The molecular weight excluding hydrogens is 362 g/mol. The van der Waals surface area contributed by atoms with Crippen LogP contribution in [-0.4, -0.2) is 16.3 Å². The van der Waals surface area contributed by atoms with Gasteiger partial charge < -0.3 is 22.1 Å². The number of benzene rings is 2. The molecule has 1 aromatic heterocycles. The number of hydrazone groups is 1. The number of nitrogens with zero attached hydrogens (tertiary/aromatic N) is 2. The van der Waals surface area contributed by atoms with Crippen molar-refractivity contribution in [2.45, 2.75) is 0 Å². The Hall–Kier alpha value is -2.18. The van der Waals surface area contributed by atoms with Crippen molar-refractivity contribution in [2.75, 3.05) is 5.43 Å². The van der Waals surface area contributed by atoms with Crippen molar-refractivity contribution in [3.8, 4) is 17.0 Å². The molecule has 0 atom stereocenters. The second-order valence-electron chi connectivity index (χ2n) is 4.33. The first-order valence-corrected chi connectivity index (χ1v) is 7.29. The van der Waals surface area contributed by atoms with E-state index in [4.69, 9.17) is 0 Å². The fourth-order valence-electron chi connectivity index (χ4n) is 1.82. The zero-order valence-corrected chi connectivity index (χ0v) is 13.9. The van der Waals surface area contributed by atoms with Gasteiger partial charge in [0.15, 0.2) is 0 Å². The summed E-state index contributed by atoms with van der Waals surface area (Å²) in [4.78, 5) is 4.47. The standard InChI is InChI=1S/C16H13N3OS.BrH/c20-15-9-5-4-8-13(15)10-17-19-16-18-14(11-21-16)12-6-2-1-3-7-12;/h1-11,20H,(H,18,19);1H/p-1/b17-10+;. The number of para-hydroxylation sites is 1. The van der Waals surface area contributed by atoms with Gasteiger partial charge in [-0.3, -0.25) is 5.43 Å². The highest BCUT2D eigenvalue weighted by atomic mass is 79.9. The van der Waals surface area contributed by atoms with Gasteiger partial charge in [0.2, 0.25) is 5.13 Å². The Bertz CT molecular complexity index is 759. The molecule has 112 valence electrons. The molecule has 3 aromatic rings. The molecule has 1 heterocycles. The molecule has 0 spiro atoms. The van der Waals surface area contributed by atoms with Gasteiger partial charge in [-0.1, -0.05) is 42.5 Å². The number of nitrogens with one attached hydrogen (secondary N) is 1. The lowest BCUT2D eigenvalue weighted by molar-refractivity contribution is -0.00000511. The van der Waals surface area contributed by atoms with Crippen molar-refractivity contribution in [3.05, 3.63) is 65.5 Å². The molecule has 4 nitrogen and oxygen atoms in total. The predicted octanol–water partition coefficient (Wildman–Crippen LogP) is 0.966. The summed E-state index contributed by atoms with van der Waals surface area (Å²) >= 11 is 1.49. The highest BCUT2D eigenvalue weighted by Crippen LogP contribution is 2.24. The van der Waals surface area contributed by atoms with Crippen molar-refractivity contribution in [3.63, 3.8) is 0 Å². The largest absolute Gasteiger partial charge is 1.00 e. The average molecular weight is 375 g/mol. The first-order chi connectivity index (χ1) is 10.3. The number of hydrogen-bond acceptors (Lipinski definition) is 5. The van der Waals surface area contributed by atoms with Gasteiger partial charge in [0.1, 0.15) is 5.75 Å². The minimum atomic E-state index is 0. The summed E-state index contributed by atoms with van der Waals surface area (Å²) in [6.45, 7) is 0. The van der Waals surface area contributed by atoms with Crippen LogP contribution in [0.5, 0.6) is 5.75 Å². The number of phenols is 1. The molecule has 0 amide bonds. The summed E-state index contributed by atoms with van der Waals surface area (Å²) in [5.41, 5.74) is 5.53. The lowest BCUT2D eigenvalue weighted by Gasteiger charge is -1.97. The summed E-state index contributed by atoms with van der Waals surface area (Å²) < 4.78 is 0. The second kappa shape index (κ2) is 7.72. The Balaban J connectivity index is 0.00000176. The molecule has 0 bridgehead atoms. The van der Waals surface area contributed by atoms with Crippen molar-refractivity contribution in [1.82, 2.24) is 4.98 Å². The van der Waals surface area contributed by atoms with Crippen molar-refractivity contribution >= 4 is 22.7 Å². The van der Waals surface area contributed by atoms with Crippen LogP contribution in [0, 0.1) is 0 Å². The molecule has 2 N–H and O–H groups in total. The number of halogens is 1. The Labute approximate surface area is 142 Å². The normalized spacial score (nSPS) is 10.4. The fraction of sp³-hybridized carbons (Fsp3) is 0. The van der Waals surface area contributed by atoms with Gasteiger partial charge in [0.05, 0.1) is 11.9 Å². The predicted molar refractivity (Wildman–Crippen MR) is 86.9 cm³/mol. The third-order valence-corrected chi connectivity index (χ3v) is 3.62. The van der Waals surface area contributed by atoms with Gasteiger partial charge in [0.25, 0.3) is 0 Å². The van der Waals surface area contributed by atoms with Crippen molar-refractivity contribution in [1.29, 1.82) is 0 Å². The van der Waals surface area contributed by atoms with Crippen molar-refractivity contribution < 1.29 is 22.1 Å². The summed E-state index contributed by atoms with van der Waals surface area (Å²) in [5, 5.41) is 16.4. The quantitative estimate of drug-likeness (QED) is 0.528. The molecule has 0 aliphatic carbocycles. The molecule has 0 radical (unpaired) electrons. The molecule has 0 unspecified atom stereocenters. The molecule has 3 rings (SSSR count). The van der Waals surface area contributed by atoms with E-state index in [1.54, 1.807) is 24.4 Å². The van der Waals surface area contributed by atoms with Gasteiger partial charge in [-0.25, -0.2) is 4.98 Å². The van der Waals surface area contributed by atoms with Crippen LogP contribution in [0.1, 0.15) is 5.56 Å². The van der Waals surface area contributed by atoms with Crippen LogP contribution in [0.4, 0.5) is 5.13 Å². The van der Waals surface area contributed by atoms with E-state index in [-0.39, 0.29) is 22.7 Å². The maximum absolute atomic E-state index is 9.63. The minimum Gasteiger partial charge on any atom is -1.00 e. The molecule has 6 heteroatoms. The van der Waals surface area contributed by atoms with Crippen LogP contribution < -0.4 is 22.4 Å². The maximum Gasteiger partial charge on any atom is 0.203 e. The van der Waals surface area contributed by atoms with E-state index in [9.17, 15) is 5.11 Å². The molecule has 0 aliphatic rings. The lowest BCUT2D eigenvalue weighted by Crippen LogP contribution is -3.00. The molecule has 0 fully saturated rings. The molecule has 0 saturated carbocycles. The van der Waals surface area contributed by atoms with Crippen LogP contribution in [-0.2, 0) is 0 Å². The van der Waals surface area contributed by atoms with Gasteiger partial charge in [-0.15, -0.1) is 11.3 Å². The van der Waals surface area contributed by atoms with Gasteiger partial charge in [-0.05, 0) is 12.1 Å². The monoisotopic (exact) mass is 374 g/mol. The average Bonchev–Trinajstić information content (AvgIpc) is 2.99. The lowest BCUT2D eigenvalue weighted by atomic mass is 10.2. The number of aromatic nitrogens is 1. The van der Waals surface area contributed by atoms with E-state index in [2.05, 4.69) is 15.5 Å². The number of thiazole rings is 1. The first kappa shape index (κ1) is 16.2. The van der Waals surface area contributed by atoms with Crippen LogP contribution >= 0.6 is 11.3 Å². The molecule has 0 aliphatic heterocycles. The first-order valence-electron chi connectivity index (χ1n) is 6.41. The Morgan fingerprint density at radius 3 is 2.55 bits per heavy atom. The summed E-state index contributed by atoms with van der Waals surface area (Å²) in [6.07, 6.45) is 1.57. The molecule has 0 saturated heterocycles.